The van der Waals surface area contributed by atoms with Crippen molar-refractivity contribution < 1.29 is 9.53 Å². The second-order valence-corrected chi connectivity index (χ2v) is 4.54. The van der Waals surface area contributed by atoms with Crippen LogP contribution < -0.4 is 5.73 Å². The number of nitrogens with zero attached hydrogens (tertiary/aromatic N) is 1. The van der Waals surface area contributed by atoms with Crippen molar-refractivity contribution in [2.24, 2.45) is 5.73 Å². The minimum atomic E-state index is -0.241. The molecule has 0 aromatic rings. The van der Waals surface area contributed by atoms with E-state index >= 15 is 0 Å². The molecule has 0 aliphatic carbocycles. The molecule has 0 rings (SSSR count). The van der Waals surface area contributed by atoms with Crippen LogP contribution in [-0.2, 0) is 9.53 Å². The molecule has 4 nitrogen and oxygen atoms in total. The summed E-state index contributed by atoms with van der Waals surface area (Å²) >= 11 is 0. The van der Waals surface area contributed by atoms with Gasteiger partial charge in [-0.2, -0.15) is 0 Å². The highest BCUT2D eigenvalue weighted by atomic mass is 16.5. The van der Waals surface area contributed by atoms with Crippen LogP contribution in [0.5, 0.6) is 0 Å². The van der Waals surface area contributed by atoms with E-state index in [0.29, 0.717) is 13.2 Å². The van der Waals surface area contributed by atoms with E-state index in [1.165, 1.54) is 0 Å². The molecule has 0 saturated heterocycles. The first kappa shape index (κ1) is 13.4. The Balaban J connectivity index is 3.46. The fourth-order valence-corrected chi connectivity index (χ4v) is 0.892. The molecule has 0 unspecified atom stereocenters. The molecule has 0 radical (unpaired) electrons. The normalized spacial score (nSPS) is 12.1. The summed E-state index contributed by atoms with van der Waals surface area (Å²) in [4.78, 5) is 12.5. The Hall–Kier alpha value is -0.610. The third kappa shape index (κ3) is 9.48. The van der Waals surface area contributed by atoms with Crippen LogP contribution in [0.4, 0.5) is 0 Å². The van der Waals surface area contributed by atoms with E-state index in [1.807, 2.05) is 32.7 Å². The van der Waals surface area contributed by atoms with E-state index in [4.69, 9.17) is 10.5 Å². The summed E-state index contributed by atoms with van der Waals surface area (Å²) in [6.07, 6.45) is 1.24. The van der Waals surface area contributed by atoms with Gasteiger partial charge in [0.15, 0.2) is 0 Å². The van der Waals surface area contributed by atoms with E-state index in [-0.39, 0.29) is 11.5 Å². The van der Waals surface area contributed by atoms with Crippen LogP contribution in [0.25, 0.3) is 0 Å². The maximum atomic E-state index is 10.5. The second kappa shape index (κ2) is 5.98. The Bertz CT molecular complexity index is 175. The number of carbonyl (C=O) groups is 1. The molecule has 0 saturated carbocycles. The lowest BCUT2D eigenvalue weighted by atomic mass is 10.2. The maximum absolute atomic E-state index is 10.5. The molecule has 0 fully saturated rings. The molecular weight excluding hydrogens is 180 g/mol. The first-order chi connectivity index (χ1) is 6.31. The van der Waals surface area contributed by atoms with Crippen LogP contribution >= 0.6 is 0 Å². The standard InChI is InChI=1S/C10H22N2O2/c1-10(2,3)14-8-12(4)7-5-6-9(11)13/h5-8H2,1-4H3,(H2,11,13). The van der Waals surface area contributed by atoms with Crippen molar-refractivity contribution in [1.82, 2.24) is 4.90 Å². The maximum Gasteiger partial charge on any atom is 0.217 e. The van der Waals surface area contributed by atoms with Gasteiger partial charge in [0.2, 0.25) is 5.91 Å². The second-order valence-electron chi connectivity index (χ2n) is 4.54. The molecule has 1 amide bonds. The largest absolute Gasteiger partial charge is 0.370 e. The third-order valence-corrected chi connectivity index (χ3v) is 1.68. The smallest absolute Gasteiger partial charge is 0.217 e. The van der Waals surface area contributed by atoms with Crippen LogP contribution in [-0.4, -0.2) is 36.7 Å². The predicted octanol–water partition coefficient (Wildman–Crippen LogP) is 0.956. The van der Waals surface area contributed by atoms with Gasteiger partial charge in [0, 0.05) is 13.0 Å². The summed E-state index contributed by atoms with van der Waals surface area (Å²) in [5, 5.41) is 0. The number of rotatable bonds is 6. The highest BCUT2D eigenvalue weighted by Gasteiger charge is 2.11. The van der Waals surface area contributed by atoms with Crippen LogP contribution in [0.15, 0.2) is 0 Å². The number of hydrogen-bond donors (Lipinski definition) is 1. The monoisotopic (exact) mass is 202 g/mol. The van der Waals surface area contributed by atoms with Gasteiger partial charge < -0.3 is 10.5 Å². The van der Waals surface area contributed by atoms with Gasteiger partial charge in [-0.05, 0) is 34.2 Å². The lowest BCUT2D eigenvalue weighted by Crippen LogP contribution is -2.30. The first-order valence-electron chi connectivity index (χ1n) is 4.92. The van der Waals surface area contributed by atoms with Gasteiger partial charge in [0.05, 0.1) is 12.3 Å². The zero-order valence-electron chi connectivity index (χ0n) is 9.67. The Labute approximate surface area is 86.4 Å². The minimum Gasteiger partial charge on any atom is -0.370 e. The molecule has 0 aliphatic rings. The molecular formula is C10H22N2O2. The van der Waals surface area contributed by atoms with Crippen molar-refractivity contribution in [2.45, 2.75) is 39.2 Å². The fourth-order valence-electron chi connectivity index (χ4n) is 0.892. The number of carbonyl (C=O) groups excluding carboxylic acids is 1. The van der Waals surface area contributed by atoms with Gasteiger partial charge in [-0.3, -0.25) is 9.69 Å². The molecule has 0 bridgehead atoms. The van der Waals surface area contributed by atoms with E-state index in [9.17, 15) is 4.79 Å². The average molecular weight is 202 g/mol. The topological polar surface area (TPSA) is 55.6 Å². The van der Waals surface area contributed by atoms with Gasteiger partial charge >= 0.3 is 0 Å². The van der Waals surface area contributed by atoms with Crippen molar-refractivity contribution in [3.8, 4) is 0 Å². The van der Waals surface area contributed by atoms with Crippen LogP contribution in [0, 0.1) is 0 Å². The quantitative estimate of drug-likeness (QED) is 0.653. The lowest BCUT2D eigenvalue weighted by molar-refractivity contribution is -0.118. The van der Waals surface area contributed by atoms with Gasteiger partial charge in [-0.25, -0.2) is 0 Å². The summed E-state index contributed by atoms with van der Waals surface area (Å²) in [7, 11) is 1.97. The molecule has 0 atom stereocenters. The van der Waals surface area contributed by atoms with Crippen molar-refractivity contribution >= 4 is 5.91 Å². The zero-order chi connectivity index (χ0) is 11.2. The van der Waals surface area contributed by atoms with E-state index in [1.54, 1.807) is 0 Å². The van der Waals surface area contributed by atoms with E-state index in [2.05, 4.69) is 0 Å². The highest BCUT2D eigenvalue weighted by Crippen LogP contribution is 2.06. The molecule has 0 spiro atoms. The van der Waals surface area contributed by atoms with Gasteiger partial charge in [-0.1, -0.05) is 0 Å². The Morgan fingerprint density at radius 3 is 2.43 bits per heavy atom. The van der Waals surface area contributed by atoms with Crippen molar-refractivity contribution in [1.29, 1.82) is 0 Å². The third-order valence-electron chi connectivity index (χ3n) is 1.68. The molecule has 14 heavy (non-hydrogen) atoms. The van der Waals surface area contributed by atoms with Gasteiger partial charge in [0.25, 0.3) is 0 Å². The molecule has 0 aromatic heterocycles. The van der Waals surface area contributed by atoms with Crippen LogP contribution in [0.3, 0.4) is 0 Å². The van der Waals surface area contributed by atoms with Gasteiger partial charge in [-0.15, -0.1) is 0 Å². The molecule has 0 aromatic carbocycles. The number of nitrogens with two attached hydrogens (primary N) is 1. The average Bonchev–Trinajstić information content (AvgIpc) is 1.99. The highest BCUT2D eigenvalue weighted by molar-refractivity contribution is 5.73. The number of amides is 1. The number of hydrogen-bond acceptors (Lipinski definition) is 3. The summed E-state index contributed by atoms with van der Waals surface area (Å²) in [5.41, 5.74) is 4.92. The molecule has 0 aliphatic heterocycles. The fraction of sp³-hybridized carbons (Fsp3) is 0.900. The summed E-state index contributed by atoms with van der Waals surface area (Å²) < 4.78 is 5.56. The number of primary amides is 1. The van der Waals surface area contributed by atoms with E-state index in [0.717, 1.165) is 13.0 Å². The molecule has 2 N–H and O–H groups in total. The molecule has 84 valence electrons. The molecule has 4 heteroatoms. The Morgan fingerprint density at radius 2 is 2.00 bits per heavy atom. The first-order valence-corrected chi connectivity index (χ1v) is 4.92. The SMILES string of the molecule is CN(CCCC(N)=O)COC(C)(C)C. The summed E-state index contributed by atoms with van der Waals surface area (Å²) in [5.74, 6) is -0.241. The van der Waals surface area contributed by atoms with E-state index < -0.39 is 0 Å². The minimum absolute atomic E-state index is 0.113. The van der Waals surface area contributed by atoms with Crippen LogP contribution in [0.1, 0.15) is 33.6 Å². The van der Waals surface area contributed by atoms with Crippen molar-refractivity contribution in [3.63, 3.8) is 0 Å². The predicted molar refractivity (Wildman–Crippen MR) is 56.8 cm³/mol. The van der Waals surface area contributed by atoms with Gasteiger partial charge in [0.1, 0.15) is 0 Å². The molecule has 0 heterocycles. The zero-order valence-corrected chi connectivity index (χ0v) is 9.67. The lowest BCUT2D eigenvalue weighted by Gasteiger charge is -2.24. The summed E-state index contributed by atoms with van der Waals surface area (Å²) in [6.45, 7) is 7.47. The van der Waals surface area contributed by atoms with Crippen LogP contribution in [0.2, 0.25) is 0 Å². The Morgan fingerprint density at radius 1 is 1.43 bits per heavy atom. The van der Waals surface area contributed by atoms with Crippen molar-refractivity contribution in [3.05, 3.63) is 0 Å². The summed E-state index contributed by atoms with van der Waals surface area (Å²) in [6, 6.07) is 0. The number of ether oxygens (including phenoxy) is 1. The van der Waals surface area contributed by atoms with Crippen molar-refractivity contribution in [2.75, 3.05) is 20.3 Å². The Kier molecular flexibility index (Phi) is 5.72.